The number of alkyl halides is 2. The van der Waals surface area contributed by atoms with Crippen LogP contribution in [0.5, 0.6) is 0 Å². The van der Waals surface area contributed by atoms with Crippen LogP contribution in [0.15, 0.2) is 0 Å². The minimum atomic E-state index is -1.19. The SMILES string of the molecule is CC(Cl)(CCCl)C(=O)O.[Si]. The van der Waals surface area contributed by atoms with Crippen LogP contribution >= 0.6 is 23.2 Å². The summed E-state index contributed by atoms with van der Waals surface area (Å²) in [4.78, 5) is 9.03. The normalized spacial score (nSPS) is 15.1. The van der Waals surface area contributed by atoms with Crippen LogP contribution in [0, 0.1) is 0 Å². The lowest BCUT2D eigenvalue weighted by molar-refractivity contribution is -0.139. The summed E-state index contributed by atoms with van der Waals surface area (Å²) in [5.41, 5.74) is 0. The number of rotatable bonds is 3. The molecule has 2 nitrogen and oxygen atoms in total. The number of aliphatic carboxylic acids is 1. The van der Waals surface area contributed by atoms with Crippen molar-refractivity contribution < 1.29 is 9.90 Å². The Hall–Kier alpha value is 0.267. The number of carboxylic acids is 1. The zero-order chi connectivity index (χ0) is 7.49. The molecule has 0 amide bonds. The van der Waals surface area contributed by atoms with Gasteiger partial charge >= 0.3 is 5.97 Å². The molecule has 0 heterocycles. The molecule has 4 radical (unpaired) electrons. The van der Waals surface area contributed by atoms with E-state index in [9.17, 15) is 4.79 Å². The molecule has 10 heavy (non-hydrogen) atoms. The highest BCUT2D eigenvalue weighted by molar-refractivity contribution is 6.33. The maximum atomic E-state index is 10.2. The van der Waals surface area contributed by atoms with Crippen molar-refractivity contribution in [3.63, 3.8) is 0 Å². The van der Waals surface area contributed by atoms with Crippen LogP contribution in [-0.2, 0) is 4.79 Å². The first-order chi connectivity index (χ1) is 4.00. The molecule has 1 N–H and O–H groups in total. The summed E-state index contributed by atoms with van der Waals surface area (Å²) < 4.78 is 0. The highest BCUT2D eigenvalue weighted by Crippen LogP contribution is 2.19. The van der Waals surface area contributed by atoms with Gasteiger partial charge in [-0.25, -0.2) is 0 Å². The molecule has 0 spiro atoms. The van der Waals surface area contributed by atoms with Crippen LogP contribution in [0.3, 0.4) is 0 Å². The van der Waals surface area contributed by atoms with Crippen LogP contribution in [0.4, 0.5) is 0 Å². The van der Waals surface area contributed by atoms with Gasteiger partial charge in [-0.15, -0.1) is 23.2 Å². The molecule has 0 aromatic rings. The van der Waals surface area contributed by atoms with E-state index < -0.39 is 10.8 Å². The number of halogens is 2. The Balaban J connectivity index is 0. The van der Waals surface area contributed by atoms with Crippen molar-refractivity contribution in [2.75, 3.05) is 5.88 Å². The van der Waals surface area contributed by atoms with Crippen molar-refractivity contribution >= 4 is 40.1 Å². The van der Waals surface area contributed by atoms with Gasteiger partial charge in [-0.1, -0.05) is 0 Å². The van der Waals surface area contributed by atoms with E-state index in [1.807, 2.05) is 0 Å². The predicted octanol–water partition coefficient (Wildman–Crippen LogP) is 1.32. The Kier molecular flexibility index (Phi) is 6.44. The molecule has 0 aliphatic carbocycles. The molecule has 0 saturated heterocycles. The number of hydrogen-bond acceptors (Lipinski definition) is 1. The van der Waals surface area contributed by atoms with Gasteiger partial charge in [0, 0.05) is 16.8 Å². The maximum Gasteiger partial charge on any atom is 0.324 e. The molecule has 1 unspecified atom stereocenters. The van der Waals surface area contributed by atoms with Gasteiger partial charge < -0.3 is 5.11 Å². The molecule has 0 fully saturated rings. The molecule has 0 rings (SSSR count). The average molecular weight is 199 g/mol. The average Bonchev–Trinajstić information content (AvgIpc) is 1.65. The Labute approximate surface area is 74.5 Å². The van der Waals surface area contributed by atoms with E-state index in [1.54, 1.807) is 0 Å². The largest absolute Gasteiger partial charge is 0.480 e. The van der Waals surface area contributed by atoms with Crippen molar-refractivity contribution in [3.05, 3.63) is 0 Å². The third kappa shape index (κ3) is 4.14. The molecule has 0 saturated carbocycles. The van der Waals surface area contributed by atoms with E-state index in [0.29, 0.717) is 0 Å². The van der Waals surface area contributed by atoms with E-state index in [2.05, 4.69) is 0 Å². The van der Waals surface area contributed by atoms with Crippen molar-refractivity contribution in [2.24, 2.45) is 0 Å². The third-order valence-electron chi connectivity index (χ3n) is 1.01. The number of carboxylic acid groups (broad SMARTS) is 1. The van der Waals surface area contributed by atoms with E-state index in [-0.39, 0.29) is 23.3 Å². The van der Waals surface area contributed by atoms with Crippen molar-refractivity contribution in [3.8, 4) is 0 Å². The van der Waals surface area contributed by atoms with E-state index >= 15 is 0 Å². The van der Waals surface area contributed by atoms with Crippen LogP contribution in [-0.4, -0.2) is 32.8 Å². The van der Waals surface area contributed by atoms with Crippen molar-refractivity contribution in [2.45, 2.75) is 18.2 Å². The minimum absolute atomic E-state index is 0. The van der Waals surface area contributed by atoms with E-state index in [4.69, 9.17) is 28.3 Å². The molecule has 1 atom stereocenters. The van der Waals surface area contributed by atoms with Crippen LogP contribution in [0.25, 0.3) is 0 Å². The summed E-state index contributed by atoms with van der Waals surface area (Å²) in [5.74, 6) is -0.753. The van der Waals surface area contributed by atoms with Gasteiger partial charge in [0.05, 0.1) is 0 Å². The summed E-state index contributed by atoms with van der Waals surface area (Å²) in [6.07, 6.45) is 0.283. The van der Waals surface area contributed by atoms with Gasteiger partial charge in [0.25, 0.3) is 0 Å². The van der Waals surface area contributed by atoms with Gasteiger partial charge in [0.2, 0.25) is 0 Å². The van der Waals surface area contributed by atoms with Gasteiger partial charge in [0.15, 0.2) is 0 Å². The van der Waals surface area contributed by atoms with Gasteiger partial charge in [-0.3, -0.25) is 4.79 Å². The zero-order valence-electron chi connectivity index (χ0n) is 5.53. The highest BCUT2D eigenvalue weighted by atomic mass is 35.5. The van der Waals surface area contributed by atoms with Crippen LogP contribution < -0.4 is 0 Å². The van der Waals surface area contributed by atoms with Crippen LogP contribution in [0.1, 0.15) is 13.3 Å². The molecule has 0 aliphatic rings. The summed E-state index contributed by atoms with van der Waals surface area (Å²) in [6, 6.07) is 0. The van der Waals surface area contributed by atoms with Gasteiger partial charge in [-0.05, 0) is 13.3 Å². The maximum absolute atomic E-state index is 10.2. The topological polar surface area (TPSA) is 37.3 Å². The fraction of sp³-hybridized carbons (Fsp3) is 0.800. The van der Waals surface area contributed by atoms with Crippen molar-refractivity contribution in [1.29, 1.82) is 0 Å². The smallest absolute Gasteiger partial charge is 0.324 e. The first-order valence-corrected chi connectivity index (χ1v) is 3.40. The molecular formula is C5H8Cl2O2Si. The Bertz CT molecular complexity index is 116. The van der Waals surface area contributed by atoms with E-state index in [1.165, 1.54) is 6.92 Å². The minimum Gasteiger partial charge on any atom is -0.480 e. The summed E-state index contributed by atoms with van der Waals surface area (Å²) in [5, 5.41) is 8.38. The third-order valence-corrected chi connectivity index (χ3v) is 1.55. The second kappa shape index (κ2) is 4.99. The van der Waals surface area contributed by atoms with Gasteiger partial charge in [-0.2, -0.15) is 0 Å². The molecule has 0 aliphatic heterocycles. The molecule has 0 aromatic carbocycles. The monoisotopic (exact) mass is 198 g/mol. The second-order valence-electron chi connectivity index (χ2n) is 1.94. The predicted molar refractivity (Wildman–Crippen MR) is 43.0 cm³/mol. The lowest BCUT2D eigenvalue weighted by atomic mass is 10.1. The summed E-state index contributed by atoms with van der Waals surface area (Å²) in [7, 11) is 0. The number of hydrogen-bond donors (Lipinski definition) is 1. The molecule has 0 aromatic heterocycles. The lowest BCUT2D eigenvalue weighted by Crippen LogP contribution is -2.28. The molecule has 58 valence electrons. The Morgan fingerprint density at radius 1 is 1.70 bits per heavy atom. The first-order valence-electron chi connectivity index (χ1n) is 2.49. The first kappa shape index (κ1) is 12.9. The Morgan fingerprint density at radius 3 is 2.20 bits per heavy atom. The fourth-order valence-electron chi connectivity index (χ4n) is 0.284. The molecular weight excluding hydrogens is 191 g/mol. The van der Waals surface area contributed by atoms with E-state index in [0.717, 1.165) is 0 Å². The lowest BCUT2D eigenvalue weighted by Gasteiger charge is -2.13. The summed E-state index contributed by atoms with van der Waals surface area (Å²) in [6.45, 7) is 1.43. The summed E-state index contributed by atoms with van der Waals surface area (Å²) >= 11 is 10.8. The highest BCUT2D eigenvalue weighted by Gasteiger charge is 2.28. The molecule has 0 bridgehead atoms. The quantitative estimate of drug-likeness (QED) is 0.549. The fourth-order valence-corrected chi connectivity index (χ4v) is 0.854. The Morgan fingerprint density at radius 2 is 2.10 bits per heavy atom. The number of carbonyl (C=O) groups is 1. The van der Waals surface area contributed by atoms with Crippen LogP contribution in [0.2, 0.25) is 0 Å². The van der Waals surface area contributed by atoms with Gasteiger partial charge in [0.1, 0.15) is 4.87 Å². The van der Waals surface area contributed by atoms with Crippen molar-refractivity contribution in [1.82, 2.24) is 0 Å². The second-order valence-corrected chi connectivity index (χ2v) is 3.15. The molecule has 5 heteroatoms. The zero-order valence-corrected chi connectivity index (χ0v) is 8.04. The standard InChI is InChI=1S/C5H8Cl2O2.Si/c1-5(7,2-3-6)4(8)9;/h2-3H2,1H3,(H,8,9);.